The molecular weight excluding hydrogens is 292 g/mol. The predicted molar refractivity (Wildman–Crippen MR) is 82.5 cm³/mol. The Kier molecular flexibility index (Phi) is 4.17. The van der Waals surface area contributed by atoms with Crippen LogP contribution in [0.4, 0.5) is 0 Å². The first-order chi connectivity index (χ1) is 9.58. The summed E-state index contributed by atoms with van der Waals surface area (Å²) in [6.45, 7) is 4.56. The Labute approximate surface area is 125 Å². The third-order valence-corrected chi connectivity index (χ3v) is 7.59. The highest BCUT2D eigenvalue weighted by Crippen LogP contribution is 2.35. The average molecular weight is 314 g/mol. The maximum absolute atomic E-state index is 12.7. The smallest absolute Gasteiger partial charge is 0.214 e. The van der Waals surface area contributed by atoms with Gasteiger partial charge in [0.2, 0.25) is 10.0 Å². The summed E-state index contributed by atoms with van der Waals surface area (Å²) >= 11 is 1.75. The van der Waals surface area contributed by atoms with Crippen molar-refractivity contribution in [2.24, 2.45) is 5.92 Å². The maximum Gasteiger partial charge on any atom is 0.214 e. The first-order valence-corrected chi connectivity index (χ1v) is 9.83. The molecule has 0 spiro atoms. The van der Waals surface area contributed by atoms with Gasteiger partial charge in [0.15, 0.2) is 0 Å². The Morgan fingerprint density at radius 2 is 2.15 bits per heavy atom. The van der Waals surface area contributed by atoms with Crippen molar-refractivity contribution in [2.75, 3.05) is 25.4 Å². The van der Waals surface area contributed by atoms with E-state index in [0.717, 1.165) is 32.4 Å². The Morgan fingerprint density at radius 3 is 2.90 bits per heavy atom. The van der Waals surface area contributed by atoms with E-state index in [0.29, 0.717) is 18.2 Å². The fourth-order valence-electron chi connectivity index (χ4n) is 3.31. The number of hydrogen-bond acceptors (Lipinski definition) is 4. The van der Waals surface area contributed by atoms with Gasteiger partial charge in [-0.3, -0.25) is 0 Å². The van der Waals surface area contributed by atoms with E-state index >= 15 is 0 Å². The molecule has 3 heterocycles. The fraction of sp³-hybridized carbons (Fsp3) is 0.714. The molecule has 1 aromatic rings. The summed E-state index contributed by atoms with van der Waals surface area (Å²) in [5.74, 6) is 0.635. The molecule has 0 amide bonds. The van der Waals surface area contributed by atoms with Crippen molar-refractivity contribution in [3.05, 3.63) is 21.9 Å². The van der Waals surface area contributed by atoms with Gasteiger partial charge in [-0.25, -0.2) is 8.42 Å². The van der Waals surface area contributed by atoms with Gasteiger partial charge in [0, 0.05) is 17.5 Å². The van der Waals surface area contributed by atoms with Crippen molar-refractivity contribution < 1.29 is 8.42 Å². The zero-order chi connectivity index (χ0) is 14.2. The lowest BCUT2D eigenvalue weighted by Crippen LogP contribution is -2.42. The van der Waals surface area contributed by atoms with Crippen LogP contribution in [0, 0.1) is 5.92 Å². The highest BCUT2D eigenvalue weighted by atomic mass is 32.2. The number of sulfonamides is 1. The van der Waals surface area contributed by atoms with Crippen LogP contribution in [0.2, 0.25) is 0 Å². The van der Waals surface area contributed by atoms with E-state index in [-0.39, 0.29) is 6.04 Å². The van der Waals surface area contributed by atoms with Crippen molar-refractivity contribution in [1.29, 1.82) is 0 Å². The molecule has 1 unspecified atom stereocenters. The minimum Gasteiger partial charge on any atom is -0.317 e. The largest absolute Gasteiger partial charge is 0.317 e. The summed E-state index contributed by atoms with van der Waals surface area (Å²) in [6, 6.07) is 2.08. The lowest BCUT2D eigenvalue weighted by Gasteiger charge is -2.34. The number of piperidine rings is 1. The molecule has 1 saturated heterocycles. The summed E-state index contributed by atoms with van der Waals surface area (Å²) in [5, 5.41) is 5.36. The molecule has 1 aromatic heterocycles. The van der Waals surface area contributed by atoms with Crippen molar-refractivity contribution >= 4 is 21.4 Å². The average Bonchev–Trinajstić information content (AvgIpc) is 2.88. The first-order valence-electron chi connectivity index (χ1n) is 7.34. The molecule has 4 nitrogen and oxygen atoms in total. The van der Waals surface area contributed by atoms with E-state index in [1.807, 2.05) is 6.92 Å². The van der Waals surface area contributed by atoms with Gasteiger partial charge in [-0.05, 0) is 62.2 Å². The summed E-state index contributed by atoms with van der Waals surface area (Å²) in [6.07, 6.45) is 2.82. The number of thiophene rings is 1. The van der Waals surface area contributed by atoms with Crippen molar-refractivity contribution in [2.45, 2.75) is 32.2 Å². The van der Waals surface area contributed by atoms with E-state index in [1.54, 1.807) is 15.6 Å². The second kappa shape index (κ2) is 5.75. The van der Waals surface area contributed by atoms with Crippen LogP contribution in [0.5, 0.6) is 0 Å². The topological polar surface area (TPSA) is 49.4 Å². The van der Waals surface area contributed by atoms with E-state index in [4.69, 9.17) is 0 Å². The first kappa shape index (κ1) is 14.5. The molecule has 2 aliphatic heterocycles. The molecule has 20 heavy (non-hydrogen) atoms. The third-order valence-electron chi connectivity index (χ3n) is 4.48. The monoisotopic (exact) mass is 314 g/mol. The van der Waals surface area contributed by atoms with Crippen LogP contribution in [0.1, 0.15) is 36.2 Å². The van der Waals surface area contributed by atoms with Crippen LogP contribution in [0.25, 0.3) is 0 Å². The Morgan fingerprint density at radius 1 is 1.40 bits per heavy atom. The predicted octanol–water partition coefficient (Wildman–Crippen LogP) is 2.00. The van der Waals surface area contributed by atoms with E-state index in [1.165, 1.54) is 10.4 Å². The Hall–Kier alpha value is -0.430. The van der Waals surface area contributed by atoms with Gasteiger partial charge in [0.25, 0.3) is 0 Å². The van der Waals surface area contributed by atoms with Crippen LogP contribution < -0.4 is 5.32 Å². The lowest BCUT2D eigenvalue weighted by molar-refractivity contribution is 0.320. The number of nitrogens with one attached hydrogen (secondary N) is 1. The van der Waals surface area contributed by atoms with E-state index in [2.05, 4.69) is 16.8 Å². The van der Waals surface area contributed by atoms with Gasteiger partial charge < -0.3 is 5.32 Å². The minimum atomic E-state index is -3.14. The van der Waals surface area contributed by atoms with Gasteiger partial charge in [-0.2, -0.15) is 4.31 Å². The molecule has 3 rings (SSSR count). The zero-order valence-electron chi connectivity index (χ0n) is 11.8. The number of rotatable bonds is 3. The second-order valence-electron chi connectivity index (χ2n) is 5.81. The molecule has 0 saturated carbocycles. The van der Waals surface area contributed by atoms with Gasteiger partial charge in [0.05, 0.1) is 5.75 Å². The molecule has 0 aromatic carbocycles. The molecule has 1 N–H and O–H groups in total. The summed E-state index contributed by atoms with van der Waals surface area (Å²) in [5.41, 5.74) is 1.20. The van der Waals surface area contributed by atoms with Crippen LogP contribution >= 0.6 is 11.3 Å². The number of hydrogen-bond donors (Lipinski definition) is 1. The second-order valence-corrected chi connectivity index (χ2v) is 8.77. The van der Waals surface area contributed by atoms with E-state index < -0.39 is 10.0 Å². The molecule has 0 bridgehead atoms. The maximum atomic E-state index is 12.7. The summed E-state index contributed by atoms with van der Waals surface area (Å²) in [7, 11) is -3.14. The molecule has 2 aliphatic rings. The SMILES string of the molecule is CC1c2ccsc2CCN1S(=O)(=O)CC1CCNCC1. The lowest BCUT2D eigenvalue weighted by atomic mass is 10.0. The molecule has 0 radical (unpaired) electrons. The molecule has 6 heteroatoms. The van der Waals surface area contributed by atoms with Crippen LogP contribution in [-0.4, -0.2) is 38.1 Å². The van der Waals surface area contributed by atoms with E-state index in [9.17, 15) is 8.42 Å². The fourth-order valence-corrected chi connectivity index (χ4v) is 6.36. The molecular formula is C14H22N2O2S2. The highest BCUT2D eigenvalue weighted by Gasteiger charge is 2.34. The number of nitrogens with zero attached hydrogens (tertiary/aromatic N) is 1. The van der Waals surface area contributed by atoms with Crippen molar-refractivity contribution in [3.63, 3.8) is 0 Å². The molecule has 112 valence electrons. The molecule has 1 atom stereocenters. The van der Waals surface area contributed by atoms with Crippen LogP contribution in [0.3, 0.4) is 0 Å². The summed E-state index contributed by atoms with van der Waals surface area (Å²) in [4.78, 5) is 1.35. The van der Waals surface area contributed by atoms with Gasteiger partial charge in [-0.1, -0.05) is 0 Å². The molecule has 1 fully saturated rings. The van der Waals surface area contributed by atoms with Gasteiger partial charge in [0.1, 0.15) is 0 Å². The quantitative estimate of drug-likeness (QED) is 0.928. The molecule has 0 aliphatic carbocycles. The van der Waals surface area contributed by atoms with Crippen LogP contribution in [-0.2, 0) is 16.4 Å². The zero-order valence-corrected chi connectivity index (χ0v) is 13.5. The van der Waals surface area contributed by atoms with Gasteiger partial charge in [-0.15, -0.1) is 11.3 Å². The summed E-state index contributed by atoms with van der Waals surface area (Å²) < 4.78 is 27.1. The van der Waals surface area contributed by atoms with Crippen LogP contribution in [0.15, 0.2) is 11.4 Å². The highest BCUT2D eigenvalue weighted by molar-refractivity contribution is 7.89. The normalized spacial score (nSPS) is 25.6. The standard InChI is InChI=1S/C14H22N2O2S2/c1-11-13-5-9-19-14(13)4-8-16(11)20(17,18)10-12-2-6-15-7-3-12/h5,9,11-12,15H,2-4,6-8,10H2,1H3. The van der Waals surface area contributed by atoms with Crippen molar-refractivity contribution in [1.82, 2.24) is 9.62 Å². The number of fused-ring (bicyclic) bond motifs is 1. The minimum absolute atomic E-state index is 0.00304. The Bertz CT molecular complexity index is 561. The third kappa shape index (κ3) is 2.79. The Balaban J connectivity index is 1.74. The van der Waals surface area contributed by atoms with Gasteiger partial charge >= 0.3 is 0 Å². The van der Waals surface area contributed by atoms with Crippen molar-refractivity contribution in [3.8, 4) is 0 Å².